The van der Waals surface area contributed by atoms with Crippen LogP contribution in [0, 0.1) is 0 Å². The molecule has 0 aromatic heterocycles. The molecule has 1 aromatic rings. The average Bonchev–Trinajstić information content (AvgIpc) is 2.15. The van der Waals surface area contributed by atoms with Gasteiger partial charge in [-0.15, -0.1) is 0 Å². The van der Waals surface area contributed by atoms with E-state index in [4.69, 9.17) is 0 Å². The summed E-state index contributed by atoms with van der Waals surface area (Å²) in [5, 5.41) is 2.58. The van der Waals surface area contributed by atoms with Crippen LogP contribution in [0.1, 0.15) is 12.5 Å². The Hall–Kier alpha value is -0.480. The van der Waals surface area contributed by atoms with E-state index in [1.807, 2.05) is 6.07 Å². The molecule has 1 atom stereocenters. The Morgan fingerprint density at radius 1 is 1.47 bits per heavy atom. The standard InChI is InChI=1S/C11H14BrF2N/c1-8(15-2)11(13,14)7-9-4-3-5-10(12)6-9/h3-6,8,15H,7H2,1-2H3. The summed E-state index contributed by atoms with van der Waals surface area (Å²) >= 11 is 3.26. The third kappa shape index (κ3) is 3.54. The second-order valence-electron chi connectivity index (χ2n) is 3.58. The van der Waals surface area contributed by atoms with Gasteiger partial charge in [-0.1, -0.05) is 28.1 Å². The summed E-state index contributed by atoms with van der Waals surface area (Å²) in [7, 11) is 1.54. The van der Waals surface area contributed by atoms with Crippen molar-refractivity contribution in [2.45, 2.75) is 25.3 Å². The Morgan fingerprint density at radius 3 is 2.67 bits per heavy atom. The maximum atomic E-state index is 13.6. The molecular weight excluding hydrogens is 264 g/mol. The molecule has 15 heavy (non-hydrogen) atoms. The molecule has 0 bridgehead atoms. The highest BCUT2D eigenvalue weighted by atomic mass is 79.9. The molecule has 1 rings (SSSR count). The third-order valence-electron chi connectivity index (χ3n) is 2.40. The number of hydrogen-bond donors (Lipinski definition) is 1. The molecule has 1 unspecified atom stereocenters. The Bertz CT molecular complexity index is 328. The number of halogens is 3. The average molecular weight is 278 g/mol. The fourth-order valence-corrected chi connectivity index (χ4v) is 1.73. The van der Waals surface area contributed by atoms with E-state index in [2.05, 4.69) is 21.2 Å². The smallest absolute Gasteiger partial charge is 0.266 e. The van der Waals surface area contributed by atoms with Gasteiger partial charge in [0.2, 0.25) is 0 Å². The molecule has 1 nitrogen and oxygen atoms in total. The van der Waals surface area contributed by atoms with Crippen molar-refractivity contribution < 1.29 is 8.78 Å². The highest BCUT2D eigenvalue weighted by molar-refractivity contribution is 9.10. The monoisotopic (exact) mass is 277 g/mol. The molecule has 4 heteroatoms. The van der Waals surface area contributed by atoms with Gasteiger partial charge in [-0.2, -0.15) is 0 Å². The van der Waals surface area contributed by atoms with Crippen LogP contribution in [-0.4, -0.2) is 19.0 Å². The maximum Gasteiger partial charge on any atom is 0.266 e. The van der Waals surface area contributed by atoms with Crippen LogP contribution in [0.5, 0.6) is 0 Å². The highest BCUT2D eigenvalue weighted by Crippen LogP contribution is 2.25. The summed E-state index contributed by atoms with van der Waals surface area (Å²) in [6.07, 6.45) is -0.242. The molecule has 0 saturated heterocycles. The first kappa shape index (κ1) is 12.6. The predicted molar refractivity (Wildman–Crippen MR) is 61.3 cm³/mol. The van der Waals surface area contributed by atoms with Crippen molar-refractivity contribution >= 4 is 15.9 Å². The van der Waals surface area contributed by atoms with E-state index in [9.17, 15) is 8.78 Å². The topological polar surface area (TPSA) is 12.0 Å². The fraction of sp³-hybridized carbons (Fsp3) is 0.455. The molecule has 1 N–H and O–H groups in total. The summed E-state index contributed by atoms with van der Waals surface area (Å²) in [6.45, 7) is 1.48. The molecular formula is C11H14BrF2N. The minimum absolute atomic E-state index is 0.242. The maximum absolute atomic E-state index is 13.6. The zero-order chi connectivity index (χ0) is 11.5. The van der Waals surface area contributed by atoms with Gasteiger partial charge in [-0.25, -0.2) is 8.78 Å². The van der Waals surface area contributed by atoms with E-state index in [0.29, 0.717) is 5.56 Å². The van der Waals surface area contributed by atoms with E-state index in [-0.39, 0.29) is 6.42 Å². The lowest BCUT2D eigenvalue weighted by atomic mass is 10.0. The van der Waals surface area contributed by atoms with Crippen molar-refractivity contribution in [3.05, 3.63) is 34.3 Å². The fourth-order valence-electron chi connectivity index (χ4n) is 1.28. The lowest BCUT2D eigenvalue weighted by Gasteiger charge is -2.23. The largest absolute Gasteiger partial charge is 0.312 e. The molecule has 0 heterocycles. The summed E-state index contributed by atoms with van der Waals surface area (Å²) in [6, 6.07) is 6.19. The van der Waals surface area contributed by atoms with Gasteiger partial charge in [0.05, 0.1) is 6.04 Å². The molecule has 0 aliphatic heterocycles. The van der Waals surface area contributed by atoms with Crippen LogP contribution >= 0.6 is 15.9 Å². The molecule has 0 amide bonds. The van der Waals surface area contributed by atoms with Crippen molar-refractivity contribution in [2.24, 2.45) is 0 Å². The molecule has 0 fully saturated rings. The Kier molecular flexibility index (Phi) is 4.22. The van der Waals surface area contributed by atoms with Crippen molar-refractivity contribution in [3.8, 4) is 0 Å². The van der Waals surface area contributed by atoms with Crippen LogP contribution in [-0.2, 0) is 6.42 Å². The summed E-state index contributed by atoms with van der Waals surface area (Å²) < 4.78 is 27.9. The number of alkyl halides is 2. The molecule has 0 radical (unpaired) electrons. The van der Waals surface area contributed by atoms with Crippen LogP contribution < -0.4 is 5.32 Å². The number of hydrogen-bond acceptors (Lipinski definition) is 1. The van der Waals surface area contributed by atoms with Crippen molar-refractivity contribution in [3.63, 3.8) is 0 Å². The number of benzene rings is 1. The molecule has 0 saturated carbocycles. The van der Waals surface area contributed by atoms with E-state index < -0.39 is 12.0 Å². The van der Waals surface area contributed by atoms with Gasteiger partial charge in [0.1, 0.15) is 0 Å². The van der Waals surface area contributed by atoms with Crippen molar-refractivity contribution in [1.29, 1.82) is 0 Å². The SMILES string of the molecule is CNC(C)C(F)(F)Cc1cccc(Br)c1. The molecule has 84 valence electrons. The van der Waals surface area contributed by atoms with Crippen LogP contribution in [0.3, 0.4) is 0 Å². The Morgan fingerprint density at radius 2 is 2.13 bits per heavy atom. The summed E-state index contributed by atoms with van der Waals surface area (Å²) in [5.74, 6) is -2.73. The van der Waals surface area contributed by atoms with E-state index in [0.717, 1.165) is 4.47 Å². The van der Waals surface area contributed by atoms with E-state index in [1.54, 1.807) is 25.2 Å². The van der Waals surface area contributed by atoms with Crippen LogP contribution in [0.4, 0.5) is 8.78 Å². The van der Waals surface area contributed by atoms with Crippen molar-refractivity contribution in [1.82, 2.24) is 5.32 Å². The van der Waals surface area contributed by atoms with Gasteiger partial charge < -0.3 is 5.32 Å². The molecule has 0 aliphatic rings. The second kappa shape index (κ2) is 5.03. The normalized spacial score (nSPS) is 13.9. The Labute approximate surface area is 97.0 Å². The van der Waals surface area contributed by atoms with Crippen LogP contribution in [0.25, 0.3) is 0 Å². The van der Waals surface area contributed by atoms with E-state index >= 15 is 0 Å². The zero-order valence-electron chi connectivity index (χ0n) is 8.73. The first-order valence-corrected chi connectivity index (χ1v) is 5.54. The summed E-state index contributed by atoms with van der Waals surface area (Å²) in [5.41, 5.74) is 0.636. The number of rotatable bonds is 4. The first-order chi connectivity index (χ1) is 6.95. The first-order valence-electron chi connectivity index (χ1n) is 4.75. The number of nitrogens with one attached hydrogen (secondary N) is 1. The molecule has 0 aliphatic carbocycles. The van der Waals surface area contributed by atoms with Crippen LogP contribution in [0.15, 0.2) is 28.7 Å². The van der Waals surface area contributed by atoms with Gasteiger partial charge in [-0.05, 0) is 31.7 Å². The molecule has 0 spiro atoms. The second-order valence-corrected chi connectivity index (χ2v) is 4.49. The summed E-state index contributed by atoms with van der Waals surface area (Å²) in [4.78, 5) is 0. The van der Waals surface area contributed by atoms with Gasteiger partial charge in [0.25, 0.3) is 5.92 Å². The molecule has 1 aromatic carbocycles. The van der Waals surface area contributed by atoms with E-state index in [1.165, 1.54) is 6.92 Å². The zero-order valence-corrected chi connectivity index (χ0v) is 10.3. The lowest BCUT2D eigenvalue weighted by Crippen LogP contribution is -2.42. The van der Waals surface area contributed by atoms with Crippen molar-refractivity contribution in [2.75, 3.05) is 7.05 Å². The quantitative estimate of drug-likeness (QED) is 0.891. The van der Waals surface area contributed by atoms with Gasteiger partial charge in [0, 0.05) is 10.9 Å². The van der Waals surface area contributed by atoms with Gasteiger partial charge in [-0.3, -0.25) is 0 Å². The lowest BCUT2D eigenvalue weighted by molar-refractivity contribution is -0.0285. The van der Waals surface area contributed by atoms with Crippen LogP contribution in [0.2, 0.25) is 0 Å². The van der Waals surface area contributed by atoms with Gasteiger partial charge in [0.15, 0.2) is 0 Å². The predicted octanol–water partition coefficient (Wildman–Crippen LogP) is 3.23. The minimum Gasteiger partial charge on any atom is -0.312 e. The highest BCUT2D eigenvalue weighted by Gasteiger charge is 2.35. The van der Waals surface area contributed by atoms with Gasteiger partial charge >= 0.3 is 0 Å². The minimum atomic E-state index is -2.73. The third-order valence-corrected chi connectivity index (χ3v) is 2.89. The Balaban J connectivity index is 2.77.